The number of fused-ring (bicyclic) bond motifs is 2. The first-order chi connectivity index (χ1) is 9.79. The summed E-state index contributed by atoms with van der Waals surface area (Å²) < 4.78 is 0. The zero-order valence-electron chi connectivity index (χ0n) is 13.1. The molecule has 3 heterocycles. The van der Waals surface area contributed by atoms with E-state index in [0.717, 1.165) is 30.1 Å². The molecule has 3 nitrogen and oxygen atoms in total. The highest BCUT2D eigenvalue weighted by Gasteiger charge is 2.40. The van der Waals surface area contributed by atoms with Gasteiger partial charge in [0.15, 0.2) is 0 Å². The molecule has 4 aliphatic rings. The molecule has 0 amide bonds. The lowest BCUT2D eigenvalue weighted by Gasteiger charge is -2.44. The van der Waals surface area contributed by atoms with Gasteiger partial charge >= 0.3 is 0 Å². The summed E-state index contributed by atoms with van der Waals surface area (Å²) in [5.41, 5.74) is 0. The maximum atomic E-state index is 3.81. The highest BCUT2D eigenvalue weighted by molar-refractivity contribution is 4.97. The topological polar surface area (TPSA) is 18.5 Å². The maximum Gasteiger partial charge on any atom is 0.0125 e. The molecular formula is C17H31N3. The minimum atomic E-state index is 0.815. The molecule has 0 radical (unpaired) electrons. The molecule has 1 saturated carbocycles. The van der Waals surface area contributed by atoms with E-state index in [4.69, 9.17) is 0 Å². The predicted octanol–water partition coefficient (Wildman–Crippen LogP) is 2.08. The Morgan fingerprint density at radius 2 is 1.50 bits per heavy atom. The average Bonchev–Trinajstić information content (AvgIpc) is 3.27. The number of piperidine rings is 2. The van der Waals surface area contributed by atoms with Crippen LogP contribution in [0.4, 0.5) is 0 Å². The molecule has 2 bridgehead atoms. The molecule has 2 atom stereocenters. The Morgan fingerprint density at radius 1 is 0.850 bits per heavy atom. The van der Waals surface area contributed by atoms with E-state index in [1.165, 1.54) is 71.0 Å². The second-order valence-electron chi connectivity index (χ2n) is 7.84. The molecule has 1 aliphatic carbocycles. The lowest BCUT2D eigenvalue weighted by atomic mass is 9.93. The van der Waals surface area contributed by atoms with Crippen molar-refractivity contribution in [3.63, 3.8) is 0 Å². The van der Waals surface area contributed by atoms with Gasteiger partial charge in [0.05, 0.1) is 0 Å². The van der Waals surface area contributed by atoms with Crippen LogP contribution >= 0.6 is 0 Å². The van der Waals surface area contributed by atoms with Crippen LogP contribution in [0.15, 0.2) is 0 Å². The summed E-state index contributed by atoms with van der Waals surface area (Å²) >= 11 is 0. The molecule has 3 saturated heterocycles. The first-order valence-corrected chi connectivity index (χ1v) is 8.99. The maximum absolute atomic E-state index is 3.81. The van der Waals surface area contributed by atoms with E-state index in [1.807, 2.05) is 0 Å². The molecule has 0 aromatic carbocycles. The van der Waals surface area contributed by atoms with Gasteiger partial charge in [-0.25, -0.2) is 0 Å². The van der Waals surface area contributed by atoms with E-state index in [1.54, 1.807) is 0 Å². The molecule has 3 heteroatoms. The summed E-state index contributed by atoms with van der Waals surface area (Å²) in [6.07, 6.45) is 11.5. The van der Waals surface area contributed by atoms with Crippen molar-refractivity contribution < 1.29 is 0 Å². The molecule has 0 aromatic rings. The first kappa shape index (κ1) is 13.5. The van der Waals surface area contributed by atoms with Gasteiger partial charge in [0.2, 0.25) is 0 Å². The molecule has 114 valence electrons. The van der Waals surface area contributed by atoms with E-state index in [0.29, 0.717) is 0 Å². The SMILES string of the molecule is CN1C2CCC1CC(N1CCC(NCC3CC3)CC1)C2. The highest BCUT2D eigenvalue weighted by Crippen LogP contribution is 2.37. The standard InChI is InChI=1S/C17H31N3/c1-19-15-4-5-16(19)11-17(10-15)20-8-6-14(7-9-20)18-12-13-2-3-13/h13-18H,2-12H2,1H3. The fourth-order valence-corrected chi connectivity index (χ4v) is 4.80. The molecular weight excluding hydrogens is 246 g/mol. The van der Waals surface area contributed by atoms with Crippen LogP contribution in [0, 0.1) is 5.92 Å². The molecule has 20 heavy (non-hydrogen) atoms. The Balaban J connectivity index is 1.24. The molecule has 0 aromatic heterocycles. The van der Waals surface area contributed by atoms with E-state index >= 15 is 0 Å². The zero-order valence-corrected chi connectivity index (χ0v) is 13.1. The number of nitrogens with zero attached hydrogens (tertiary/aromatic N) is 2. The van der Waals surface area contributed by atoms with Crippen molar-refractivity contribution in [1.29, 1.82) is 0 Å². The van der Waals surface area contributed by atoms with Crippen LogP contribution in [0.2, 0.25) is 0 Å². The first-order valence-electron chi connectivity index (χ1n) is 8.99. The van der Waals surface area contributed by atoms with Crippen molar-refractivity contribution in [1.82, 2.24) is 15.1 Å². The van der Waals surface area contributed by atoms with Crippen LogP contribution in [0.3, 0.4) is 0 Å². The fraction of sp³-hybridized carbons (Fsp3) is 1.00. The second-order valence-corrected chi connectivity index (χ2v) is 7.84. The van der Waals surface area contributed by atoms with Crippen LogP contribution < -0.4 is 5.32 Å². The van der Waals surface area contributed by atoms with Crippen molar-refractivity contribution in [2.24, 2.45) is 5.92 Å². The van der Waals surface area contributed by atoms with Gasteiger partial charge in [0.1, 0.15) is 0 Å². The molecule has 3 aliphatic heterocycles. The monoisotopic (exact) mass is 277 g/mol. The normalized spacial score (nSPS) is 40.4. The summed E-state index contributed by atoms with van der Waals surface area (Å²) in [7, 11) is 2.35. The quantitative estimate of drug-likeness (QED) is 0.849. The number of hydrogen-bond acceptors (Lipinski definition) is 3. The smallest absolute Gasteiger partial charge is 0.0125 e. The lowest BCUT2D eigenvalue weighted by Crippen LogP contribution is -2.52. The Labute approximate surface area is 124 Å². The molecule has 2 unspecified atom stereocenters. The second kappa shape index (κ2) is 5.58. The van der Waals surface area contributed by atoms with Gasteiger partial charge in [-0.2, -0.15) is 0 Å². The number of hydrogen-bond donors (Lipinski definition) is 1. The molecule has 4 rings (SSSR count). The lowest BCUT2D eigenvalue weighted by molar-refractivity contribution is 0.0575. The average molecular weight is 277 g/mol. The summed E-state index contributed by atoms with van der Waals surface area (Å²) in [5, 5.41) is 3.81. The van der Waals surface area contributed by atoms with Crippen molar-refractivity contribution in [3.05, 3.63) is 0 Å². The van der Waals surface area contributed by atoms with Crippen molar-refractivity contribution in [2.45, 2.75) is 75.5 Å². The number of rotatable bonds is 4. The fourth-order valence-electron chi connectivity index (χ4n) is 4.80. The summed E-state index contributed by atoms with van der Waals surface area (Å²) in [4.78, 5) is 5.49. The Morgan fingerprint density at radius 3 is 2.10 bits per heavy atom. The van der Waals surface area contributed by atoms with Crippen LogP contribution in [0.1, 0.15) is 51.4 Å². The summed E-state index contributed by atoms with van der Waals surface area (Å²) in [6, 6.07) is 3.50. The van der Waals surface area contributed by atoms with Crippen LogP contribution in [0.5, 0.6) is 0 Å². The number of nitrogens with one attached hydrogen (secondary N) is 1. The van der Waals surface area contributed by atoms with Crippen LogP contribution in [-0.2, 0) is 0 Å². The molecule has 4 fully saturated rings. The molecule has 1 N–H and O–H groups in total. The van der Waals surface area contributed by atoms with Gasteiger partial charge in [0.25, 0.3) is 0 Å². The third-order valence-corrected chi connectivity index (χ3v) is 6.51. The van der Waals surface area contributed by atoms with Gasteiger partial charge in [-0.15, -0.1) is 0 Å². The summed E-state index contributed by atoms with van der Waals surface area (Å²) in [5.74, 6) is 1.03. The van der Waals surface area contributed by atoms with Crippen molar-refractivity contribution in [3.8, 4) is 0 Å². The third-order valence-electron chi connectivity index (χ3n) is 6.51. The van der Waals surface area contributed by atoms with Crippen molar-refractivity contribution >= 4 is 0 Å². The van der Waals surface area contributed by atoms with E-state index in [-0.39, 0.29) is 0 Å². The van der Waals surface area contributed by atoms with Crippen LogP contribution in [-0.4, -0.2) is 60.6 Å². The van der Waals surface area contributed by atoms with E-state index < -0.39 is 0 Å². The van der Waals surface area contributed by atoms with Gasteiger partial charge in [-0.1, -0.05) is 0 Å². The highest BCUT2D eigenvalue weighted by atomic mass is 15.2. The van der Waals surface area contributed by atoms with Gasteiger partial charge in [-0.05, 0) is 84.0 Å². The largest absolute Gasteiger partial charge is 0.314 e. The zero-order chi connectivity index (χ0) is 13.5. The van der Waals surface area contributed by atoms with Gasteiger partial charge in [0, 0.05) is 24.2 Å². The number of likely N-dealkylation sites (tertiary alicyclic amines) is 1. The minimum absolute atomic E-state index is 0.815. The Bertz CT molecular complexity index is 319. The summed E-state index contributed by atoms with van der Waals surface area (Å²) in [6.45, 7) is 3.98. The molecule has 0 spiro atoms. The Kier molecular flexibility index (Phi) is 3.78. The van der Waals surface area contributed by atoms with E-state index in [9.17, 15) is 0 Å². The van der Waals surface area contributed by atoms with Crippen molar-refractivity contribution in [2.75, 3.05) is 26.7 Å². The van der Waals surface area contributed by atoms with Crippen LogP contribution in [0.25, 0.3) is 0 Å². The van der Waals surface area contributed by atoms with Gasteiger partial charge in [-0.3, -0.25) is 0 Å². The Hall–Kier alpha value is -0.120. The third kappa shape index (κ3) is 2.77. The predicted molar refractivity (Wildman–Crippen MR) is 82.9 cm³/mol. The van der Waals surface area contributed by atoms with Gasteiger partial charge < -0.3 is 15.1 Å². The van der Waals surface area contributed by atoms with E-state index in [2.05, 4.69) is 22.2 Å². The minimum Gasteiger partial charge on any atom is -0.314 e.